The third-order valence-electron chi connectivity index (χ3n) is 1.79. The molecule has 1 aromatic rings. The van der Waals surface area contributed by atoms with Gasteiger partial charge in [-0.25, -0.2) is 0 Å². The van der Waals surface area contributed by atoms with Crippen LogP contribution < -0.4 is 0 Å². The van der Waals surface area contributed by atoms with E-state index in [9.17, 15) is 13.2 Å². The molecular weight excluding hydrogens is 215 g/mol. The summed E-state index contributed by atoms with van der Waals surface area (Å²) in [4.78, 5) is 0. The maximum absolute atomic E-state index is 11.8. The average Bonchev–Trinajstić information content (AvgIpc) is 2.33. The van der Waals surface area contributed by atoms with Gasteiger partial charge >= 0.3 is 6.18 Å². The zero-order valence-corrected chi connectivity index (χ0v) is 8.37. The minimum atomic E-state index is -4.10. The van der Waals surface area contributed by atoms with Gasteiger partial charge in [-0.1, -0.05) is 0 Å². The predicted molar refractivity (Wildman–Crippen MR) is 47.4 cm³/mol. The summed E-state index contributed by atoms with van der Waals surface area (Å²) >= 11 is 4.84. The molecule has 0 amide bonds. The first kappa shape index (κ1) is 11.2. The van der Waals surface area contributed by atoms with Crippen molar-refractivity contribution in [2.45, 2.75) is 32.5 Å². The molecule has 80 valence electrons. The van der Waals surface area contributed by atoms with Crippen LogP contribution >= 0.6 is 12.2 Å². The van der Waals surface area contributed by atoms with Crippen molar-refractivity contribution < 1.29 is 13.2 Å². The van der Waals surface area contributed by atoms with E-state index in [1.807, 2.05) is 0 Å². The summed E-state index contributed by atoms with van der Waals surface area (Å²) < 4.78 is 37.4. The van der Waals surface area contributed by atoms with Crippen LogP contribution in [-0.4, -0.2) is 20.9 Å². The van der Waals surface area contributed by atoms with E-state index in [1.54, 1.807) is 11.5 Å². The van der Waals surface area contributed by atoms with E-state index >= 15 is 0 Å². The van der Waals surface area contributed by atoms with E-state index in [2.05, 4.69) is 10.2 Å². The van der Waals surface area contributed by atoms with Crippen molar-refractivity contribution in [3.8, 4) is 0 Å². The van der Waals surface area contributed by atoms with E-state index in [0.29, 0.717) is 10.6 Å². The molecule has 0 atom stereocenters. The molecule has 1 aromatic heterocycles. The van der Waals surface area contributed by atoms with E-state index in [-0.39, 0.29) is 13.0 Å². The van der Waals surface area contributed by atoms with Gasteiger partial charge in [0.05, 0.1) is 0 Å². The molecule has 0 bridgehead atoms. The molecule has 14 heavy (non-hydrogen) atoms. The number of aromatic amines is 1. The minimum absolute atomic E-state index is 0.0260. The van der Waals surface area contributed by atoms with Gasteiger partial charge in [-0.3, -0.25) is 5.10 Å². The number of nitrogens with one attached hydrogen (secondary N) is 1. The maximum Gasteiger partial charge on any atom is 0.389 e. The quantitative estimate of drug-likeness (QED) is 0.802. The van der Waals surface area contributed by atoms with E-state index in [1.165, 1.54) is 0 Å². The Morgan fingerprint density at radius 2 is 2.14 bits per heavy atom. The lowest BCUT2D eigenvalue weighted by Gasteiger charge is -2.06. The molecule has 0 radical (unpaired) electrons. The molecular formula is C7H10F3N3S. The molecule has 0 aromatic carbocycles. The molecule has 1 N–H and O–H groups in total. The van der Waals surface area contributed by atoms with Gasteiger partial charge in [-0.2, -0.15) is 18.3 Å². The largest absolute Gasteiger partial charge is 0.389 e. The summed E-state index contributed by atoms with van der Waals surface area (Å²) in [6, 6.07) is 0. The Morgan fingerprint density at radius 1 is 1.50 bits per heavy atom. The van der Waals surface area contributed by atoms with Crippen molar-refractivity contribution >= 4 is 12.2 Å². The summed E-state index contributed by atoms with van der Waals surface area (Å²) in [6.45, 7) is 1.95. The number of hydrogen-bond acceptors (Lipinski definition) is 2. The number of halogens is 3. The molecule has 0 saturated carbocycles. The molecule has 7 heteroatoms. The molecule has 0 fully saturated rings. The standard InChI is InChI=1S/C7H10F3N3S/c1-5-11-12-6(14)13(5)4-2-3-7(8,9)10/h2-4H2,1H3,(H,12,14). The topological polar surface area (TPSA) is 33.6 Å². The Balaban J connectivity index is 2.51. The van der Waals surface area contributed by atoms with Gasteiger partial charge < -0.3 is 4.57 Å². The first-order chi connectivity index (χ1) is 6.40. The van der Waals surface area contributed by atoms with Crippen LogP contribution in [0.25, 0.3) is 0 Å². The molecule has 0 aliphatic rings. The summed E-state index contributed by atoms with van der Waals surface area (Å²) in [5.41, 5.74) is 0. The second-order valence-corrected chi connectivity index (χ2v) is 3.33. The maximum atomic E-state index is 11.8. The first-order valence-corrected chi connectivity index (χ1v) is 4.49. The van der Waals surface area contributed by atoms with Gasteiger partial charge in [0.25, 0.3) is 0 Å². The predicted octanol–water partition coefficient (Wildman–Crippen LogP) is 2.59. The highest BCUT2D eigenvalue weighted by Crippen LogP contribution is 2.21. The number of hydrogen-bond donors (Lipinski definition) is 1. The fourth-order valence-corrected chi connectivity index (χ4v) is 1.37. The highest BCUT2D eigenvalue weighted by molar-refractivity contribution is 7.71. The van der Waals surface area contributed by atoms with Gasteiger partial charge in [-0.15, -0.1) is 0 Å². The fraction of sp³-hybridized carbons (Fsp3) is 0.714. The molecule has 3 nitrogen and oxygen atoms in total. The Labute approximate surface area is 83.9 Å². The van der Waals surface area contributed by atoms with Gasteiger partial charge in [0.15, 0.2) is 4.77 Å². The van der Waals surface area contributed by atoms with Crippen molar-refractivity contribution in [1.82, 2.24) is 14.8 Å². The SMILES string of the molecule is Cc1n[nH]c(=S)n1CCCC(F)(F)F. The van der Waals surface area contributed by atoms with Crippen LogP contribution in [0.3, 0.4) is 0 Å². The summed E-state index contributed by atoms with van der Waals surface area (Å²) in [5.74, 6) is 0.608. The Morgan fingerprint density at radius 3 is 2.57 bits per heavy atom. The van der Waals surface area contributed by atoms with Gasteiger partial charge in [0.2, 0.25) is 0 Å². The van der Waals surface area contributed by atoms with E-state index in [4.69, 9.17) is 12.2 Å². The molecule has 0 saturated heterocycles. The zero-order chi connectivity index (χ0) is 10.8. The second kappa shape index (κ2) is 4.12. The molecule has 0 spiro atoms. The molecule has 1 heterocycles. The third-order valence-corrected chi connectivity index (χ3v) is 2.10. The van der Waals surface area contributed by atoms with Crippen LogP contribution in [0.1, 0.15) is 18.7 Å². The smallest absolute Gasteiger partial charge is 0.304 e. The van der Waals surface area contributed by atoms with Crippen LogP contribution in [0, 0.1) is 11.7 Å². The normalized spacial score (nSPS) is 12.0. The van der Waals surface area contributed by atoms with Crippen LogP contribution in [0.5, 0.6) is 0 Å². The number of H-pyrrole nitrogens is 1. The molecule has 0 aliphatic carbocycles. The lowest BCUT2D eigenvalue weighted by Crippen LogP contribution is -2.10. The van der Waals surface area contributed by atoms with Crippen LogP contribution in [-0.2, 0) is 6.54 Å². The van der Waals surface area contributed by atoms with Gasteiger partial charge in [0, 0.05) is 13.0 Å². The lowest BCUT2D eigenvalue weighted by molar-refractivity contribution is -0.135. The molecule has 0 unspecified atom stereocenters. The molecule has 0 aliphatic heterocycles. The highest BCUT2D eigenvalue weighted by atomic mass is 32.1. The van der Waals surface area contributed by atoms with Gasteiger partial charge in [0.1, 0.15) is 5.82 Å². The highest BCUT2D eigenvalue weighted by Gasteiger charge is 2.26. The average molecular weight is 225 g/mol. The van der Waals surface area contributed by atoms with Crippen molar-refractivity contribution in [3.63, 3.8) is 0 Å². The summed E-state index contributed by atoms with van der Waals surface area (Å²) in [7, 11) is 0. The Kier molecular flexibility index (Phi) is 3.30. The number of aromatic nitrogens is 3. The molecule has 1 rings (SSSR count). The van der Waals surface area contributed by atoms with E-state index < -0.39 is 12.6 Å². The number of aryl methyl sites for hydroxylation is 1. The van der Waals surface area contributed by atoms with Crippen LogP contribution in [0.4, 0.5) is 13.2 Å². The third kappa shape index (κ3) is 3.13. The fourth-order valence-electron chi connectivity index (χ4n) is 1.10. The summed E-state index contributed by atoms with van der Waals surface area (Å²) in [5, 5.41) is 6.31. The van der Waals surface area contributed by atoms with Crippen molar-refractivity contribution in [1.29, 1.82) is 0 Å². The van der Waals surface area contributed by atoms with E-state index in [0.717, 1.165) is 0 Å². The lowest BCUT2D eigenvalue weighted by atomic mass is 10.3. The van der Waals surface area contributed by atoms with Crippen LogP contribution in [0.2, 0.25) is 0 Å². The Hall–Kier alpha value is -0.850. The summed E-state index contributed by atoms with van der Waals surface area (Å²) in [6.07, 6.45) is -4.86. The van der Waals surface area contributed by atoms with Gasteiger partial charge in [-0.05, 0) is 25.6 Å². The number of rotatable bonds is 3. The second-order valence-electron chi connectivity index (χ2n) is 2.95. The van der Waals surface area contributed by atoms with Crippen molar-refractivity contribution in [2.75, 3.05) is 0 Å². The first-order valence-electron chi connectivity index (χ1n) is 4.09. The van der Waals surface area contributed by atoms with Crippen molar-refractivity contribution in [2.24, 2.45) is 0 Å². The number of alkyl halides is 3. The Bertz CT molecular complexity index is 352. The monoisotopic (exact) mass is 225 g/mol. The minimum Gasteiger partial charge on any atom is -0.304 e. The van der Waals surface area contributed by atoms with Crippen LogP contribution in [0.15, 0.2) is 0 Å². The zero-order valence-electron chi connectivity index (χ0n) is 7.56. The number of nitrogens with zero attached hydrogens (tertiary/aromatic N) is 2. The van der Waals surface area contributed by atoms with Crippen molar-refractivity contribution in [3.05, 3.63) is 10.6 Å².